The summed E-state index contributed by atoms with van der Waals surface area (Å²) >= 11 is 0. The van der Waals surface area contributed by atoms with Gasteiger partial charge >= 0.3 is 0 Å². The molecule has 2 fully saturated rings. The first-order valence-corrected chi connectivity index (χ1v) is 7.78. The minimum atomic E-state index is 0.676. The van der Waals surface area contributed by atoms with Crippen molar-refractivity contribution in [1.82, 2.24) is 10.2 Å². The molecular formula is C15H30N2. The number of nitrogens with zero attached hydrogens (tertiary/aromatic N) is 1. The molecule has 1 aliphatic heterocycles. The molecule has 2 heteroatoms. The van der Waals surface area contributed by atoms with Gasteiger partial charge in [-0.25, -0.2) is 0 Å². The third kappa shape index (κ3) is 3.69. The van der Waals surface area contributed by atoms with Gasteiger partial charge in [0.05, 0.1) is 0 Å². The van der Waals surface area contributed by atoms with E-state index in [1.165, 1.54) is 64.6 Å². The van der Waals surface area contributed by atoms with E-state index in [1.54, 1.807) is 0 Å². The van der Waals surface area contributed by atoms with E-state index in [9.17, 15) is 0 Å². The molecule has 100 valence electrons. The fraction of sp³-hybridized carbons (Fsp3) is 1.00. The second-order valence-electron chi connectivity index (χ2n) is 6.08. The van der Waals surface area contributed by atoms with Crippen LogP contribution in [0.3, 0.4) is 0 Å². The molecule has 2 atom stereocenters. The Labute approximate surface area is 107 Å². The highest BCUT2D eigenvalue weighted by Gasteiger charge is 2.28. The normalized spacial score (nSPS) is 31.1. The first kappa shape index (κ1) is 13.4. The fourth-order valence-corrected chi connectivity index (χ4v) is 3.85. The zero-order valence-corrected chi connectivity index (χ0v) is 11.8. The smallest absolute Gasteiger partial charge is 0.0166 e. The van der Waals surface area contributed by atoms with Gasteiger partial charge in [-0.2, -0.15) is 0 Å². The van der Waals surface area contributed by atoms with Crippen molar-refractivity contribution >= 4 is 0 Å². The van der Waals surface area contributed by atoms with Gasteiger partial charge in [0.25, 0.3) is 0 Å². The predicted molar refractivity (Wildman–Crippen MR) is 74.3 cm³/mol. The van der Waals surface area contributed by atoms with Crippen LogP contribution < -0.4 is 5.32 Å². The van der Waals surface area contributed by atoms with E-state index in [0.29, 0.717) is 6.04 Å². The van der Waals surface area contributed by atoms with Crippen LogP contribution in [0, 0.1) is 5.92 Å². The molecular weight excluding hydrogens is 208 g/mol. The lowest BCUT2D eigenvalue weighted by atomic mass is 9.82. The molecule has 0 bridgehead atoms. The van der Waals surface area contributed by atoms with Gasteiger partial charge in [0.1, 0.15) is 0 Å². The third-order valence-corrected chi connectivity index (χ3v) is 4.70. The first-order valence-electron chi connectivity index (χ1n) is 7.78. The molecule has 17 heavy (non-hydrogen) atoms. The summed E-state index contributed by atoms with van der Waals surface area (Å²) in [5.74, 6) is 0.985. The molecule has 0 radical (unpaired) electrons. The van der Waals surface area contributed by atoms with Crippen molar-refractivity contribution in [3.8, 4) is 0 Å². The molecule has 1 saturated heterocycles. The molecule has 2 unspecified atom stereocenters. The maximum absolute atomic E-state index is 3.61. The van der Waals surface area contributed by atoms with Gasteiger partial charge in [0.2, 0.25) is 0 Å². The van der Waals surface area contributed by atoms with E-state index < -0.39 is 0 Å². The van der Waals surface area contributed by atoms with E-state index in [2.05, 4.69) is 24.1 Å². The number of hydrogen-bond acceptors (Lipinski definition) is 2. The summed E-state index contributed by atoms with van der Waals surface area (Å²) in [5, 5.41) is 3.61. The van der Waals surface area contributed by atoms with Crippen molar-refractivity contribution in [2.45, 2.75) is 70.9 Å². The highest BCUT2D eigenvalue weighted by atomic mass is 15.2. The predicted octanol–water partition coefficient (Wildman–Crippen LogP) is 3.03. The van der Waals surface area contributed by atoms with Crippen molar-refractivity contribution in [3.05, 3.63) is 0 Å². The summed E-state index contributed by atoms with van der Waals surface area (Å²) in [5.41, 5.74) is 0. The third-order valence-electron chi connectivity index (χ3n) is 4.70. The Kier molecular flexibility index (Phi) is 5.30. The Morgan fingerprint density at radius 1 is 1.18 bits per heavy atom. The Hall–Kier alpha value is -0.0800. The van der Waals surface area contributed by atoms with Crippen LogP contribution in [0.1, 0.15) is 58.8 Å². The molecule has 0 aromatic rings. The van der Waals surface area contributed by atoms with Crippen molar-refractivity contribution in [3.63, 3.8) is 0 Å². The van der Waals surface area contributed by atoms with Gasteiger partial charge < -0.3 is 5.32 Å². The maximum Gasteiger partial charge on any atom is 0.0166 e. The number of rotatable bonds is 3. The lowest BCUT2D eigenvalue weighted by Gasteiger charge is -2.38. The van der Waals surface area contributed by atoms with Crippen LogP contribution in [0.5, 0.6) is 0 Å². The summed E-state index contributed by atoms with van der Waals surface area (Å²) < 4.78 is 0. The lowest BCUT2D eigenvalue weighted by molar-refractivity contribution is 0.112. The molecule has 0 aromatic carbocycles. The van der Waals surface area contributed by atoms with E-state index in [0.717, 1.165) is 12.0 Å². The molecule has 0 spiro atoms. The van der Waals surface area contributed by atoms with Crippen LogP contribution in [0.4, 0.5) is 0 Å². The van der Waals surface area contributed by atoms with Crippen molar-refractivity contribution in [1.29, 1.82) is 0 Å². The molecule has 0 amide bonds. The molecule has 1 aliphatic carbocycles. The van der Waals surface area contributed by atoms with Crippen LogP contribution >= 0.6 is 0 Å². The summed E-state index contributed by atoms with van der Waals surface area (Å²) in [7, 11) is 0. The van der Waals surface area contributed by atoms with Crippen molar-refractivity contribution in [2.24, 2.45) is 5.92 Å². The zero-order chi connectivity index (χ0) is 12.1. The minimum absolute atomic E-state index is 0.676. The van der Waals surface area contributed by atoms with E-state index >= 15 is 0 Å². The monoisotopic (exact) mass is 238 g/mol. The summed E-state index contributed by atoms with van der Waals surface area (Å²) in [4.78, 5) is 2.79. The van der Waals surface area contributed by atoms with Gasteiger partial charge in [-0.15, -0.1) is 0 Å². The molecule has 2 rings (SSSR count). The Morgan fingerprint density at radius 3 is 2.65 bits per heavy atom. The van der Waals surface area contributed by atoms with E-state index in [1.807, 2.05) is 0 Å². The Bertz CT molecular complexity index is 211. The zero-order valence-electron chi connectivity index (χ0n) is 11.8. The first-order chi connectivity index (χ1) is 8.31. The quantitative estimate of drug-likeness (QED) is 0.813. The van der Waals surface area contributed by atoms with Crippen LogP contribution in [-0.4, -0.2) is 36.6 Å². The van der Waals surface area contributed by atoms with Crippen LogP contribution in [-0.2, 0) is 0 Å². The molecule has 1 saturated carbocycles. The Balaban J connectivity index is 1.94. The van der Waals surface area contributed by atoms with E-state index in [-0.39, 0.29) is 0 Å². The highest BCUT2D eigenvalue weighted by Crippen LogP contribution is 2.31. The summed E-state index contributed by atoms with van der Waals surface area (Å²) in [6.07, 6.45) is 10.1. The average molecular weight is 238 g/mol. The topological polar surface area (TPSA) is 15.3 Å². The van der Waals surface area contributed by atoms with Gasteiger partial charge in [-0.05, 0) is 51.6 Å². The molecule has 1 heterocycles. The lowest BCUT2D eigenvalue weighted by Crippen LogP contribution is -2.45. The van der Waals surface area contributed by atoms with Crippen molar-refractivity contribution < 1.29 is 0 Å². The fourth-order valence-electron chi connectivity index (χ4n) is 3.85. The average Bonchev–Trinajstić information content (AvgIpc) is 2.56. The summed E-state index contributed by atoms with van der Waals surface area (Å²) in [6, 6.07) is 1.53. The van der Waals surface area contributed by atoms with Gasteiger partial charge in [-0.1, -0.05) is 26.2 Å². The molecule has 1 N–H and O–H groups in total. The van der Waals surface area contributed by atoms with Gasteiger partial charge in [0.15, 0.2) is 0 Å². The standard InChI is InChI=1S/C15H30N2/c1-3-15(14-8-5-4-6-9-14)17-11-7-10-16-13(2)12-17/h13-16H,3-12H2,1-2H3. The molecule has 0 aromatic heterocycles. The van der Waals surface area contributed by atoms with Crippen molar-refractivity contribution in [2.75, 3.05) is 19.6 Å². The van der Waals surface area contributed by atoms with Crippen LogP contribution in [0.25, 0.3) is 0 Å². The summed E-state index contributed by atoms with van der Waals surface area (Å²) in [6.45, 7) is 8.51. The SMILES string of the molecule is CCC(C1CCCCC1)N1CCCNC(C)C1. The molecule has 2 aliphatic rings. The number of nitrogens with one attached hydrogen (secondary N) is 1. The second-order valence-corrected chi connectivity index (χ2v) is 6.08. The van der Waals surface area contributed by atoms with Gasteiger partial charge in [0, 0.05) is 18.6 Å². The highest BCUT2D eigenvalue weighted by molar-refractivity contribution is 4.84. The largest absolute Gasteiger partial charge is 0.313 e. The second kappa shape index (κ2) is 6.75. The minimum Gasteiger partial charge on any atom is -0.313 e. The Morgan fingerprint density at radius 2 is 1.94 bits per heavy atom. The molecule has 2 nitrogen and oxygen atoms in total. The maximum atomic E-state index is 3.61. The van der Waals surface area contributed by atoms with Gasteiger partial charge in [-0.3, -0.25) is 4.90 Å². The van der Waals surface area contributed by atoms with Crippen LogP contribution in [0.2, 0.25) is 0 Å². The van der Waals surface area contributed by atoms with E-state index in [4.69, 9.17) is 0 Å². The number of hydrogen-bond donors (Lipinski definition) is 1. The van der Waals surface area contributed by atoms with Crippen LogP contribution in [0.15, 0.2) is 0 Å².